The molecule has 1 unspecified atom stereocenters. The van der Waals surface area contributed by atoms with Crippen molar-refractivity contribution in [1.29, 1.82) is 0 Å². The molecule has 2 rings (SSSR count). The first kappa shape index (κ1) is 16.8. The van der Waals surface area contributed by atoms with Gasteiger partial charge >= 0.3 is 0 Å². The number of hydrogen-bond donors (Lipinski definition) is 1. The van der Waals surface area contributed by atoms with Gasteiger partial charge in [0.25, 0.3) is 0 Å². The standard InChI is InChI=1S/C18H27ClFN/c1-2-10-21-17(11-14-6-4-3-5-7-14)12-15-8-9-16(20)13-18(15)19/h8-9,13-14,17,21H,2-7,10-12H2,1H3. The molecule has 0 aliphatic heterocycles. The monoisotopic (exact) mass is 311 g/mol. The summed E-state index contributed by atoms with van der Waals surface area (Å²) < 4.78 is 13.2. The lowest BCUT2D eigenvalue weighted by Crippen LogP contribution is -2.34. The van der Waals surface area contributed by atoms with Gasteiger partial charge in [0.05, 0.1) is 0 Å². The van der Waals surface area contributed by atoms with Gasteiger partial charge in [-0.15, -0.1) is 0 Å². The Balaban J connectivity index is 1.97. The molecule has 1 aliphatic carbocycles. The van der Waals surface area contributed by atoms with E-state index in [1.165, 1.54) is 50.7 Å². The molecule has 0 aromatic heterocycles. The fraction of sp³-hybridized carbons (Fsp3) is 0.667. The van der Waals surface area contributed by atoms with Gasteiger partial charge in [-0.1, -0.05) is 56.7 Å². The van der Waals surface area contributed by atoms with Crippen molar-refractivity contribution in [3.8, 4) is 0 Å². The molecule has 1 fully saturated rings. The van der Waals surface area contributed by atoms with Crippen LogP contribution < -0.4 is 5.32 Å². The first-order chi connectivity index (χ1) is 10.2. The average Bonchev–Trinajstić information content (AvgIpc) is 2.48. The molecule has 1 atom stereocenters. The molecule has 0 radical (unpaired) electrons. The number of hydrogen-bond acceptors (Lipinski definition) is 1. The summed E-state index contributed by atoms with van der Waals surface area (Å²) >= 11 is 6.18. The highest BCUT2D eigenvalue weighted by Gasteiger charge is 2.19. The largest absolute Gasteiger partial charge is 0.314 e. The highest BCUT2D eigenvalue weighted by atomic mass is 35.5. The van der Waals surface area contributed by atoms with Gasteiger partial charge in [-0.25, -0.2) is 4.39 Å². The van der Waals surface area contributed by atoms with Crippen molar-refractivity contribution >= 4 is 11.6 Å². The molecule has 1 aromatic rings. The van der Waals surface area contributed by atoms with Gasteiger partial charge < -0.3 is 5.32 Å². The molecule has 1 aromatic carbocycles. The predicted molar refractivity (Wildman–Crippen MR) is 88.4 cm³/mol. The van der Waals surface area contributed by atoms with E-state index in [1.807, 2.05) is 6.07 Å². The Kier molecular flexibility index (Phi) is 6.98. The summed E-state index contributed by atoms with van der Waals surface area (Å²) in [6.07, 6.45) is 10.1. The Bertz CT molecular complexity index is 429. The summed E-state index contributed by atoms with van der Waals surface area (Å²) in [7, 11) is 0. The SMILES string of the molecule is CCCNC(Cc1ccc(F)cc1Cl)CC1CCCCC1. The van der Waals surface area contributed by atoms with Crippen molar-refractivity contribution in [1.82, 2.24) is 5.32 Å². The van der Waals surface area contributed by atoms with Gasteiger partial charge in [-0.05, 0) is 49.4 Å². The van der Waals surface area contributed by atoms with E-state index >= 15 is 0 Å². The van der Waals surface area contributed by atoms with E-state index in [0.29, 0.717) is 11.1 Å². The molecule has 1 aliphatic rings. The second-order valence-corrected chi connectivity index (χ2v) is 6.74. The molecular formula is C18H27ClFN. The van der Waals surface area contributed by atoms with Crippen LogP contribution in [0.25, 0.3) is 0 Å². The van der Waals surface area contributed by atoms with E-state index in [9.17, 15) is 4.39 Å². The topological polar surface area (TPSA) is 12.0 Å². The smallest absolute Gasteiger partial charge is 0.124 e. The maximum atomic E-state index is 13.2. The lowest BCUT2D eigenvalue weighted by molar-refractivity contribution is 0.296. The van der Waals surface area contributed by atoms with Crippen molar-refractivity contribution in [2.75, 3.05) is 6.54 Å². The van der Waals surface area contributed by atoms with E-state index in [0.717, 1.165) is 30.9 Å². The van der Waals surface area contributed by atoms with Crippen LogP contribution in [0.5, 0.6) is 0 Å². The minimum Gasteiger partial charge on any atom is -0.314 e. The average molecular weight is 312 g/mol. The second kappa shape index (κ2) is 8.75. The van der Waals surface area contributed by atoms with Crippen molar-refractivity contribution < 1.29 is 4.39 Å². The first-order valence-electron chi connectivity index (χ1n) is 8.36. The van der Waals surface area contributed by atoms with Crippen LogP contribution in [0, 0.1) is 11.7 Å². The van der Waals surface area contributed by atoms with Gasteiger partial charge in [0.15, 0.2) is 0 Å². The minimum absolute atomic E-state index is 0.255. The van der Waals surface area contributed by atoms with E-state index in [4.69, 9.17) is 11.6 Å². The maximum Gasteiger partial charge on any atom is 0.124 e. The second-order valence-electron chi connectivity index (χ2n) is 6.33. The molecular weight excluding hydrogens is 285 g/mol. The van der Waals surface area contributed by atoms with Gasteiger partial charge in [0.2, 0.25) is 0 Å². The number of benzene rings is 1. The highest BCUT2D eigenvalue weighted by Crippen LogP contribution is 2.29. The van der Waals surface area contributed by atoms with Crippen LogP contribution in [0.4, 0.5) is 4.39 Å². The number of nitrogens with one attached hydrogen (secondary N) is 1. The molecule has 1 nitrogen and oxygen atoms in total. The van der Waals surface area contributed by atoms with Crippen molar-refractivity contribution in [2.45, 2.75) is 64.3 Å². The minimum atomic E-state index is -0.255. The molecule has 1 saturated carbocycles. The Morgan fingerprint density at radius 2 is 2.05 bits per heavy atom. The third-order valence-corrected chi connectivity index (χ3v) is 4.86. The van der Waals surface area contributed by atoms with Crippen LogP contribution in [0.3, 0.4) is 0 Å². The van der Waals surface area contributed by atoms with Gasteiger partial charge in [-0.3, -0.25) is 0 Å². The zero-order valence-corrected chi connectivity index (χ0v) is 13.8. The summed E-state index contributed by atoms with van der Waals surface area (Å²) in [5, 5.41) is 4.21. The highest BCUT2D eigenvalue weighted by molar-refractivity contribution is 6.31. The summed E-state index contributed by atoms with van der Waals surface area (Å²) in [6, 6.07) is 5.22. The van der Waals surface area contributed by atoms with E-state index < -0.39 is 0 Å². The van der Waals surface area contributed by atoms with Crippen molar-refractivity contribution in [3.63, 3.8) is 0 Å². The molecule has 0 bridgehead atoms. The van der Waals surface area contributed by atoms with Crippen molar-refractivity contribution in [3.05, 3.63) is 34.6 Å². The molecule has 0 spiro atoms. The van der Waals surface area contributed by atoms with Gasteiger partial charge in [-0.2, -0.15) is 0 Å². The molecule has 0 saturated heterocycles. The van der Waals surface area contributed by atoms with Crippen LogP contribution in [0.15, 0.2) is 18.2 Å². The Labute approximate surface area is 133 Å². The number of rotatable bonds is 7. The number of halogens is 2. The van der Waals surface area contributed by atoms with E-state index in [1.54, 1.807) is 0 Å². The summed E-state index contributed by atoms with van der Waals surface area (Å²) in [5.74, 6) is 0.585. The van der Waals surface area contributed by atoms with Crippen LogP contribution in [0.2, 0.25) is 5.02 Å². The fourth-order valence-corrected chi connectivity index (χ4v) is 3.61. The van der Waals surface area contributed by atoms with Crippen molar-refractivity contribution in [2.24, 2.45) is 5.92 Å². The lowest BCUT2D eigenvalue weighted by atomic mass is 9.83. The predicted octanol–water partition coefficient (Wildman–Crippen LogP) is 5.36. The summed E-state index contributed by atoms with van der Waals surface area (Å²) in [5.41, 5.74) is 1.06. The zero-order chi connectivity index (χ0) is 15.1. The van der Waals surface area contributed by atoms with E-state index in [-0.39, 0.29) is 5.82 Å². The Morgan fingerprint density at radius 3 is 2.71 bits per heavy atom. The molecule has 0 heterocycles. The lowest BCUT2D eigenvalue weighted by Gasteiger charge is -2.27. The zero-order valence-electron chi connectivity index (χ0n) is 13.0. The normalized spacial score (nSPS) is 17.9. The molecule has 21 heavy (non-hydrogen) atoms. The van der Waals surface area contributed by atoms with Gasteiger partial charge in [0, 0.05) is 11.1 Å². The van der Waals surface area contributed by atoms with E-state index in [2.05, 4.69) is 12.2 Å². The molecule has 3 heteroatoms. The van der Waals surface area contributed by atoms with Crippen LogP contribution in [-0.2, 0) is 6.42 Å². The Morgan fingerprint density at radius 1 is 1.29 bits per heavy atom. The first-order valence-corrected chi connectivity index (χ1v) is 8.74. The van der Waals surface area contributed by atoms with Crippen LogP contribution >= 0.6 is 11.6 Å². The van der Waals surface area contributed by atoms with Crippen LogP contribution in [0.1, 0.15) is 57.4 Å². The maximum absolute atomic E-state index is 13.2. The van der Waals surface area contributed by atoms with Crippen LogP contribution in [-0.4, -0.2) is 12.6 Å². The molecule has 118 valence electrons. The third-order valence-electron chi connectivity index (χ3n) is 4.51. The fourth-order valence-electron chi connectivity index (χ4n) is 3.37. The summed E-state index contributed by atoms with van der Waals surface area (Å²) in [4.78, 5) is 0. The Hall–Kier alpha value is -0.600. The summed E-state index contributed by atoms with van der Waals surface area (Å²) in [6.45, 7) is 3.23. The molecule has 0 amide bonds. The quantitative estimate of drug-likeness (QED) is 0.714. The molecule has 1 N–H and O–H groups in total. The third kappa shape index (κ3) is 5.60. The van der Waals surface area contributed by atoms with Gasteiger partial charge in [0.1, 0.15) is 5.82 Å².